The van der Waals surface area contributed by atoms with Crippen molar-refractivity contribution in [2.24, 2.45) is 5.92 Å². The average molecular weight is 330 g/mol. The van der Waals surface area contributed by atoms with Crippen LogP contribution in [0.25, 0.3) is 0 Å². The van der Waals surface area contributed by atoms with E-state index in [-0.39, 0.29) is 11.7 Å². The first-order valence-electron chi connectivity index (χ1n) is 7.59. The van der Waals surface area contributed by atoms with Gasteiger partial charge >= 0.3 is 6.18 Å². The maximum atomic E-state index is 13.0. The summed E-state index contributed by atoms with van der Waals surface area (Å²) in [6.07, 6.45) is -4.57. The third kappa shape index (κ3) is 4.37. The lowest BCUT2D eigenvalue weighted by Crippen LogP contribution is -2.39. The number of carbonyl (C=O) groups excluding carboxylic acids is 1. The van der Waals surface area contributed by atoms with Gasteiger partial charge in [-0.3, -0.25) is 4.79 Å². The van der Waals surface area contributed by atoms with Gasteiger partial charge in [0.15, 0.2) is 6.10 Å². The first-order chi connectivity index (χ1) is 10.8. The highest BCUT2D eigenvalue weighted by molar-refractivity contribution is 5.81. The standard InChI is InChI=1S/C16H21F3N2O2/c1-11(15(22)21-8-7-12(10-21)9-20-2)23-14-6-4-3-5-13(14)16(17,18)19/h3-6,11-12,20H,7-10H2,1-2H3/t11-,12-/m0/s1. The van der Waals surface area contributed by atoms with Crippen LogP contribution in [0.3, 0.4) is 0 Å². The van der Waals surface area contributed by atoms with E-state index in [1.165, 1.54) is 25.1 Å². The quantitative estimate of drug-likeness (QED) is 0.902. The molecule has 2 rings (SSSR count). The van der Waals surface area contributed by atoms with Crippen molar-refractivity contribution in [3.05, 3.63) is 29.8 Å². The topological polar surface area (TPSA) is 41.6 Å². The number of ether oxygens (including phenoxy) is 1. The molecule has 1 fully saturated rings. The molecular weight excluding hydrogens is 309 g/mol. The molecule has 1 aromatic rings. The fourth-order valence-electron chi connectivity index (χ4n) is 2.79. The van der Waals surface area contributed by atoms with E-state index in [2.05, 4.69) is 5.32 Å². The van der Waals surface area contributed by atoms with Gasteiger partial charge in [0, 0.05) is 13.1 Å². The SMILES string of the molecule is CNC[C@@H]1CCN(C(=O)[C@H](C)Oc2ccccc2C(F)(F)F)C1. The fraction of sp³-hybridized carbons (Fsp3) is 0.562. The number of nitrogens with one attached hydrogen (secondary N) is 1. The third-order valence-electron chi connectivity index (χ3n) is 3.93. The Labute approximate surface area is 133 Å². The molecule has 0 saturated carbocycles. The van der Waals surface area contributed by atoms with Crippen molar-refractivity contribution in [3.63, 3.8) is 0 Å². The number of halogens is 3. The third-order valence-corrected chi connectivity index (χ3v) is 3.93. The van der Waals surface area contributed by atoms with Gasteiger partial charge < -0.3 is 15.0 Å². The van der Waals surface area contributed by atoms with Crippen LogP contribution in [0.2, 0.25) is 0 Å². The minimum absolute atomic E-state index is 0.277. The van der Waals surface area contributed by atoms with Crippen LogP contribution in [0.15, 0.2) is 24.3 Å². The van der Waals surface area contributed by atoms with Gasteiger partial charge in [-0.25, -0.2) is 0 Å². The van der Waals surface area contributed by atoms with Crippen LogP contribution in [0.1, 0.15) is 18.9 Å². The normalized spacial score (nSPS) is 19.7. The predicted molar refractivity (Wildman–Crippen MR) is 80.1 cm³/mol. The van der Waals surface area contributed by atoms with Crippen molar-refractivity contribution in [2.45, 2.75) is 25.6 Å². The van der Waals surface area contributed by atoms with Gasteiger partial charge in [0.2, 0.25) is 0 Å². The first kappa shape index (κ1) is 17.6. The van der Waals surface area contributed by atoms with E-state index in [0.717, 1.165) is 19.0 Å². The van der Waals surface area contributed by atoms with Crippen LogP contribution >= 0.6 is 0 Å². The molecule has 0 spiro atoms. The number of likely N-dealkylation sites (tertiary alicyclic amines) is 1. The zero-order valence-electron chi connectivity index (χ0n) is 13.2. The zero-order valence-corrected chi connectivity index (χ0v) is 13.2. The fourth-order valence-corrected chi connectivity index (χ4v) is 2.79. The van der Waals surface area contributed by atoms with E-state index in [1.54, 1.807) is 4.90 Å². The summed E-state index contributed by atoms with van der Waals surface area (Å²) in [4.78, 5) is 14.0. The summed E-state index contributed by atoms with van der Waals surface area (Å²) in [5, 5.41) is 3.07. The minimum atomic E-state index is -4.51. The molecule has 1 aliphatic rings. The van der Waals surface area contributed by atoms with Gasteiger partial charge in [0.05, 0.1) is 5.56 Å². The van der Waals surface area contributed by atoms with E-state index >= 15 is 0 Å². The summed E-state index contributed by atoms with van der Waals surface area (Å²) >= 11 is 0. The Hall–Kier alpha value is -1.76. The molecule has 0 radical (unpaired) electrons. The molecule has 23 heavy (non-hydrogen) atoms. The number of benzene rings is 1. The molecule has 4 nitrogen and oxygen atoms in total. The number of hydrogen-bond acceptors (Lipinski definition) is 3. The van der Waals surface area contributed by atoms with Crippen LogP contribution in [0.4, 0.5) is 13.2 Å². The predicted octanol–water partition coefficient (Wildman–Crippen LogP) is 2.54. The summed E-state index contributed by atoms with van der Waals surface area (Å²) in [6, 6.07) is 4.94. The largest absolute Gasteiger partial charge is 0.480 e. The Morgan fingerprint density at radius 2 is 2.13 bits per heavy atom. The Bertz CT molecular complexity index is 548. The van der Waals surface area contributed by atoms with Crippen molar-refractivity contribution in [3.8, 4) is 5.75 Å². The van der Waals surface area contributed by atoms with Crippen molar-refractivity contribution >= 4 is 5.91 Å². The summed E-state index contributed by atoms with van der Waals surface area (Å²) in [5.41, 5.74) is -0.867. The van der Waals surface area contributed by atoms with Crippen molar-refractivity contribution in [1.82, 2.24) is 10.2 Å². The smallest absolute Gasteiger partial charge is 0.419 e. The Morgan fingerprint density at radius 1 is 1.43 bits per heavy atom. The molecule has 1 saturated heterocycles. The maximum Gasteiger partial charge on any atom is 0.419 e. The molecule has 0 aliphatic carbocycles. The van der Waals surface area contributed by atoms with Gasteiger partial charge in [-0.1, -0.05) is 12.1 Å². The number of rotatable bonds is 5. The second kappa shape index (κ2) is 7.21. The Balaban J connectivity index is 2.02. The Kier molecular flexibility index (Phi) is 5.51. The van der Waals surface area contributed by atoms with Gasteiger partial charge in [0.25, 0.3) is 5.91 Å². The first-order valence-corrected chi connectivity index (χ1v) is 7.59. The van der Waals surface area contributed by atoms with Crippen LogP contribution in [-0.2, 0) is 11.0 Å². The molecule has 1 amide bonds. The zero-order chi connectivity index (χ0) is 17.0. The minimum Gasteiger partial charge on any atom is -0.480 e. The molecular formula is C16H21F3N2O2. The molecule has 0 aromatic heterocycles. The van der Waals surface area contributed by atoms with E-state index < -0.39 is 17.8 Å². The second-order valence-electron chi connectivity index (χ2n) is 5.75. The highest BCUT2D eigenvalue weighted by Gasteiger charge is 2.35. The number of para-hydroxylation sites is 1. The summed E-state index contributed by atoms with van der Waals surface area (Å²) in [7, 11) is 1.85. The lowest BCUT2D eigenvalue weighted by molar-refractivity contribution is -0.143. The Morgan fingerprint density at radius 3 is 2.78 bits per heavy atom. The average Bonchev–Trinajstić information content (AvgIpc) is 2.95. The van der Waals surface area contributed by atoms with Crippen molar-refractivity contribution < 1.29 is 22.7 Å². The highest BCUT2D eigenvalue weighted by atomic mass is 19.4. The lowest BCUT2D eigenvalue weighted by atomic mass is 10.1. The maximum absolute atomic E-state index is 13.0. The number of carbonyl (C=O) groups is 1. The van der Waals surface area contributed by atoms with Crippen LogP contribution < -0.4 is 10.1 Å². The number of nitrogens with zero attached hydrogens (tertiary/aromatic N) is 1. The molecule has 1 aliphatic heterocycles. The van der Waals surface area contributed by atoms with E-state index in [0.29, 0.717) is 19.0 Å². The molecule has 1 heterocycles. The van der Waals surface area contributed by atoms with Gasteiger partial charge in [-0.05, 0) is 45.0 Å². The van der Waals surface area contributed by atoms with E-state index in [4.69, 9.17) is 4.74 Å². The molecule has 0 unspecified atom stereocenters. The molecule has 128 valence electrons. The van der Waals surface area contributed by atoms with E-state index in [9.17, 15) is 18.0 Å². The van der Waals surface area contributed by atoms with Crippen LogP contribution in [0.5, 0.6) is 5.75 Å². The lowest BCUT2D eigenvalue weighted by Gasteiger charge is -2.23. The van der Waals surface area contributed by atoms with E-state index in [1.807, 2.05) is 7.05 Å². The molecule has 2 atom stereocenters. The second-order valence-corrected chi connectivity index (χ2v) is 5.75. The molecule has 1 N–H and O–H groups in total. The molecule has 7 heteroatoms. The highest BCUT2D eigenvalue weighted by Crippen LogP contribution is 2.36. The number of amides is 1. The number of alkyl halides is 3. The van der Waals surface area contributed by atoms with Gasteiger partial charge in [-0.2, -0.15) is 13.2 Å². The molecule has 0 bridgehead atoms. The summed E-state index contributed by atoms with van der Waals surface area (Å²) in [6.45, 7) is 3.52. The monoisotopic (exact) mass is 330 g/mol. The van der Waals surface area contributed by atoms with Crippen molar-refractivity contribution in [1.29, 1.82) is 0 Å². The van der Waals surface area contributed by atoms with Crippen LogP contribution in [0, 0.1) is 5.92 Å². The molecule has 1 aromatic carbocycles. The summed E-state index contributed by atoms with van der Waals surface area (Å²) in [5.74, 6) is -0.217. The van der Waals surface area contributed by atoms with Gasteiger partial charge in [0.1, 0.15) is 5.75 Å². The van der Waals surface area contributed by atoms with Crippen molar-refractivity contribution in [2.75, 3.05) is 26.7 Å². The summed E-state index contributed by atoms with van der Waals surface area (Å²) < 4.78 is 44.2. The van der Waals surface area contributed by atoms with Gasteiger partial charge in [-0.15, -0.1) is 0 Å². The number of hydrogen-bond donors (Lipinski definition) is 1. The van der Waals surface area contributed by atoms with Crippen LogP contribution in [-0.4, -0.2) is 43.6 Å².